The molecule has 10 heteroatoms. The van der Waals surface area contributed by atoms with Crippen molar-refractivity contribution in [2.75, 3.05) is 34.2 Å². The molecule has 9 nitrogen and oxygen atoms in total. The lowest BCUT2D eigenvalue weighted by Gasteiger charge is -2.12. The summed E-state index contributed by atoms with van der Waals surface area (Å²) in [5.41, 5.74) is 1.06. The first-order valence-electron chi connectivity index (χ1n) is 9.16. The first-order chi connectivity index (χ1) is 14.9. The van der Waals surface area contributed by atoms with Gasteiger partial charge in [0.25, 0.3) is 0 Å². The smallest absolute Gasteiger partial charge is 0.201 e. The van der Waals surface area contributed by atoms with E-state index in [1.54, 1.807) is 30.9 Å². The number of carbonyl (C=O) groups is 1. The number of hydrogen-bond acceptors (Lipinski definition) is 9. The number of ether oxygens (including phenoxy) is 4. The maximum atomic E-state index is 12.8. The third-order valence-electron chi connectivity index (χ3n) is 4.63. The molecule has 1 aromatic heterocycles. The molecular weight excluding hydrogens is 422 g/mol. The Morgan fingerprint density at radius 2 is 1.65 bits per heavy atom. The minimum Gasteiger partial charge on any atom is -0.502 e. The summed E-state index contributed by atoms with van der Waals surface area (Å²) in [5.74, 6) is 1.77. The zero-order valence-corrected chi connectivity index (χ0v) is 18.6. The van der Waals surface area contributed by atoms with E-state index < -0.39 is 0 Å². The van der Waals surface area contributed by atoms with E-state index in [1.807, 2.05) is 19.2 Å². The van der Waals surface area contributed by atoms with Crippen molar-refractivity contribution in [1.82, 2.24) is 14.8 Å². The molecular formula is C21H23N3O6S. The zero-order valence-electron chi connectivity index (χ0n) is 17.8. The minimum absolute atomic E-state index is 0.0777. The monoisotopic (exact) mass is 445 g/mol. The van der Waals surface area contributed by atoms with E-state index in [-0.39, 0.29) is 34.3 Å². The molecule has 3 aromatic rings. The van der Waals surface area contributed by atoms with Gasteiger partial charge in [-0.25, -0.2) is 0 Å². The number of ketones is 1. The highest BCUT2D eigenvalue weighted by atomic mass is 32.2. The van der Waals surface area contributed by atoms with Crippen molar-refractivity contribution < 1.29 is 28.8 Å². The third kappa shape index (κ3) is 4.38. The van der Waals surface area contributed by atoms with Crippen molar-refractivity contribution in [3.8, 4) is 40.1 Å². The molecule has 0 saturated carbocycles. The highest BCUT2D eigenvalue weighted by Crippen LogP contribution is 2.39. The minimum atomic E-state index is -0.226. The molecule has 0 aliphatic heterocycles. The van der Waals surface area contributed by atoms with E-state index >= 15 is 0 Å². The summed E-state index contributed by atoms with van der Waals surface area (Å²) >= 11 is 1.23. The normalized spacial score (nSPS) is 10.6. The van der Waals surface area contributed by atoms with Crippen molar-refractivity contribution in [2.45, 2.75) is 5.16 Å². The fraction of sp³-hybridized carbons (Fsp3) is 0.286. The van der Waals surface area contributed by atoms with Crippen LogP contribution in [0.25, 0.3) is 11.4 Å². The van der Waals surface area contributed by atoms with Gasteiger partial charge in [-0.05, 0) is 30.3 Å². The quantitative estimate of drug-likeness (QED) is 0.393. The summed E-state index contributed by atoms with van der Waals surface area (Å²) in [7, 11) is 7.77. The number of aromatic hydroxyl groups is 1. The molecule has 3 rings (SSSR count). The van der Waals surface area contributed by atoms with Crippen LogP contribution in [0.3, 0.4) is 0 Å². The number of hydrogen-bond donors (Lipinski definition) is 1. The number of nitrogens with zero attached hydrogens (tertiary/aromatic N) is 3. The Balaban J connectivity index is 1.79. The van der Waals surface area contributed by atoms with Crippen LogP contribution in [0.4, 0.5) is 0 Å². The number of aromatic nitrogens is 3. The lowest BCUT2D eigenvalue weighted by atomic mass is 10.1. The second kappa shape index (κ2) is 9.61. The predicted octanol–water partition coefficient (Wildman–Crippen LogP) is 3.20. The van der Waals surface area contributed by atoms with Gasteiger partial charge in [-0.2, -0.15) is 0 Å². The molecule has 0 amide bonds. The number of methoxy groups -OCH3 is 4. The van der Waals surface area contributed by atoms with Gasteiger partial charge in [0.1, 0.15) is 0 Å². The van der Waals surface area contributed by atoms with Gasteiger partial charge in [-0.15, -0.1) is 10.2 Å². The summed E-state index contributed by atoms with van der Waals surface area (Å²) in [4.78, 5) is 12.8. The molecule has 164 valence electrons. The number of thioether (sulfide) groups is 1. The number of rotatable bonds is 9. The van der Waals surface area contributed by atoms with E-state index in [0.717, 1.165) is 5.56 Å². The molecule has 1 heterocycles. The van der Waals surface area contributed by atoms with Gasteiger partial charge in [-0.1, -0.05) is 11.8 Å². The van der Waals surface area contributed by atoms with Crippen LogP contribution in [0, 0.1) is 0 Å². The summed E-state index contributed by atoms with van der Waals surface area (Å²) in [5, 5.41) is 19.2. The zero-order chi connectivity index (χ0) is 22.5. The number of phenolic OH excluding ortho intramolecular Hbond substituents is 1. The maximum Gasteiger partial charge on any atom is 0.201 e. The Morgan fingerprint density at radius 1 is 0.968 bits per heavy atom. The Hall–Kier alpha value is -3.40. The third-order valence-corrected chi connectivity index (χ3v) is 5.65. The Bertz CT molecular complexity index is 1100. The lowest BCUT2D eigenvalue weighted by Crippen LogP contribution is -2.06. The summed E-state index contributed by atoms with van der Waals surface area (Å²) < 4.78 is 22.7. The lowest BCUT2D eigenvalue weighted by molar-refractivity contribution is 0.101. The molecule has 0 aliphatic rings. The van der Waals surface area contributed by atoms with Gasteiger partial charge in [0.15, 0.2) is 39.8 Å². The SMILES string of the molecule is COc1ccc(-c2nnc(SCC(=O)c3ccc(OC)c(O)c3OC)n2C)cc1OC. The maximum absolute atomic E-state index is 12.8. The van der Waals surface area contributed by atoms with Gasteiger partial charge in [0.05, 0.1) is 39.8 Å². The number of Topliss-reactive ketones (excluding diaryl/α,β-unsaturated/α-hetero) is 1. The first kappa shape index (κ1) is 22.3. The fourth-order valence-electron chi connectivity index (χ4n) is 3.02. The van der Waals surface area contributed by atoms with Gasteiger partial charge in [0, 0.05) is 12.6 Å². The van der Waals surface area contributed by atoms with Gasteiger partial charge in [-0.3, -0.25) is 4.79 Å². The summed E-state index contributed by atoms with van der Waals surface area (Å²) in [6, 6.07) is 8.55. The second-order valence-electron chi connectivity index (χ2n) is 6.34. The van der Waals surface area contributed by atoms with Crippen LogP contribution >= 0.6 is 11.8 Å². The van der Waals surface area contributed by atoms with Gasteiger partial charge < -0.3 is 28.6 Å². The Labute approximate surface area is 183 Å². The summed E-state index contributed by atoms with van der Waals surface area (Å²) in [6.07, 6.45) is 0. The van der Waals surface area contributed by atoms with E-state index in [4.69, 9.17) is 18.9 Å². The van der Waals surface area contributed by atoms with Crippen LogP contribution in [-0.4, -0.2) is 59.8 Å². The van der Waals surface area contributed by atoms with Crippen LogP contribution in [0.15, 0.2) is 35.5 Å². The number of phenols is 1. The molecule has 0 radical (unpaired) electrons. The number of carbonyl (C=O) groups excluding carboxylic acids is 1. The standard InChI is InChI=1S/C21H23N3O6S/c1-24-20(12-6-8-15(27-2)17(10-12)29-4)22-23-21(24)31-11-14(25)13-7-9-16(28-3)18(26)19(13)30-5/h6-10,26H,11H2,1-5H3. The van der Waals surface area contributed by atoms with Crippen molar-refractivity contribution in [3.63, 3.8) is 0 Å². The van der Waals surface area contributed by atoms with Crippen molar-refractivity contribution in [1.29, 1.82) is 0 Å². The Morgan fingerprint density at radius 3 is 2.29 bits per heavy atom. The molecule has 1 N–H and O–H groups in total. The van der Waals surface area contributed by atoms with Crippen LogP contribution in [-0.2, 0) is 7.05 Å². The van der Waals surface area contributed by atoms with E-state index in [9.17, 15) is 9.90 Å². The average Bonchev–Trinajstić information content (AvgIpc) is 3.16. The van der Waals surface area contributed by atoms with Crippen molar-refractivity contribution in [2.24, 2.45) is 7.05 Å². The van der Waals surface area contributed by atoms with Crippen LogP contribution in [0.2, 0.25) is 0 Å². The molecule has 0 fully saturated rings. The second-order valence-corrected chi connectivity index (χ2v) is 7.29. The van der Waals surface area contributed by atoms with E-state index in [0.29, 0.717) is 22.5 Å². The van der Waals surface area contributed by atoms with Crippen LogP contribution < -0.4 is 18.9 Å². The molecule has 0 unspecified atom stereocenters. The molecule has 2 aromatic carbocycles. The molecule has 0 atom stereocenters. The predicted molar refractivity (Wildman–Crippen MR) is 116 cm³/mol. The molecule has 0 spiro atoms. The highest BCUT2D eigenvalue weighted by molar-refractivity contribution is 7.99. The topological polar surface area (TPSA) is 105 Å². The van der Waals surface area contributed by atoms with Crippen molar-refractivity contribution >= 4 is 17.5 Å². The molecule has 0 saturated heterocycles. The van der Waals surface area contributed by atoms with Gasteiger partial charge in [0.2, 0.25) is 5.75 Å². The molecule has 0 aliphatic carbocycles. The van der Waals surface area contributed by atoms with Crippen LogP contribution in [0.1, 0.15) is 10.4 Å². The number of benzene rings is 2. The highest BCUT2D eigenvalue weighted by Gasteiger charge is 2.21. The summed E-state index contributed by atoms with van der Waals surface area (Å²) in [6.45, 7) is 0. The van der Waals surface area contributed by atoms with E-state index in [1.165, 1.54) is 32.0 Å². The van der Waals surface area contributed by atoms with E-state index in [2.05, 4.69) is 10.2 Å². The molecule has 31 heavy (non-hydrogen) atoms. The average molecular weight is 445 g/mol. The fourth-order valence-corrected chi connectivity index (χ4v) is 3.81. The molecule has 0 bridgehead atoms. The van der Waals surface area contributed by atoms with Crippen LogP contribution in [0.5, 0.6) is 28.7 Å². The largest absolute Gasteiger partial charge is 0.502 e. The Kier molecular flexibility index (Phi) is 6.91. The van der Waals surface area contributed by atoms with Gasteiger partial charge >= 0.3 is 0 Å². The van der Waals surface area contributed by atoms with Crippen molar-refractivity contribution in [3.05, 3.63) is 35.9 Å². The first-order valence-corrected chi connectivity index (χ1v) is 10.1.